The van der Waals surface area contributed by atoms with Gasteiger partial charge in [0, 0.05) is 32.2 Å². The number of carbonyl (C=O) groups is 2. The summed E-state index contributed by atoms with van der Waals surface area (Å²) in [6, 6.07) is 10.1. The lowest BCUT2D eigenvalue weighted by Crippen LogP contribution is -2.56. The van der Waals surface area contributed by atoms with Crippen LogP contribution >= 0.6 is 0 Å². The maximum atomic E-state index is 11.8. The Morgan fingerprint density at radius 2 is 1.85 bits per heavy atom. The molecular formula is C19H27N3O4. The van der Waals surface area contributed by atoms with Crippen LogP contribution in [-0.2, 0) is 14.3 Å². The Bertz CT molecular complexity index is 569. The molecule has 0 radical (unpaired) electrons. The SMILES string of the molecule is O=COC(=O)CC(Oc1ccccc1)N1CCN(C2CCNCC2)CC1. The number of esters is 1. The molecule has 2 saturated heterocycles. The predicted molar refractivity (Wildman–Crippen MR) is 96.7 cm³/mol. The van der Waals surface area contributed by atoms with Gasteiger partial charge in [-0.2, -0.15) is 0 Å². The highest BCUT2D eigenvalue weighted by Crippen LogP contribution is 2.20. The van der Waals surface area contributed by atoms with E-state index in [1.807, 2.05) is 30.3 Å². The Hall–Kier alpha value is -1.96. The molecule has 0 amide bonds. The quantitative estimate of drug-likeness (QED) is 0.439. The molecule has 1 atom stereocenters. The fraction of sp³-hybridized carbons (Fsp3) is 0.579. The summed E-state index contributed by atoms with van der Waals surface area (Å²) in [5.41, 5.74) is 0. The summed E-state index contributed by atoms with van der Waals surface area (Å²) in [5, 5.41) is 3.40. The number of piperidine rings is 1. The van der Waals surface area contributed by atoms with Gasteiger partial charge in [0.1, 0.15) is 5.75 Å². The van der Waals surface area contributed by atoms with Gasteiger partial charge in [-0.15, -0.1) is 0 Å². The minimum atomic E-state index is -0.568. The second kappa shape index (κ2) is 9.66. The van der Waals surface area contributed by atoms with Crippen molar-refractivity contribution in [2.24, 2.45) is 0 Å². The Morgan fingerprint density at radius 1 is 1.15 bits per heavy atom. The lowest BCUT2D eigenvalue weighted by Gasteiger charge is -2.42. The van der Waals surface area contributed by atoms with Gasteiger partial charge in [0.05, 0.1) is 6.42 Å². The van der Waals surface area contributed by atoms with Gasteiger partial charge in [0.2, 0.25) is 0 Å². The van der Waals surface area contributed by atoms with E-state index < -0.39 is 12.2 Å². The van der Waals surface area contributed by atoms with Crippen molar-refractivity contribution in [3.8, 4) is 5.75 Å². The van der Waals surface area contributed by atoms with E-state index in [1.54, 1.807) is 0 Å². The molecule has 0 aliphatic carbocycles. The summed E-state index contributed by atoms with van der Waals surface area (Å²) in [6.45, 7) is 5.93. The fourth-order valence-electron chi connectivity index (χ4n) is 3.71. The minimum Gasteiger partial charge on any atom is -0.474 e. The molecule has 2 fully saturated rings. The van der Waals surface area contributed by atoms with Crippen LogP contribution in [0.3, 0.4) is 0 Å². The van der Waals surface area contributed by atoms with Crippen LogP contribution in [0.25, 0.3) is 0 Å². The average molecular weight is 361 g/mol. The first-order valence-corrected chi connectivity index (χ1v) is 9.30. The van der Waals surface area contributed by atoms with Gasteiger partial charge in [-0.1, -0.05) is 18.2 Å². The summed E-state index contributed by atoms with van der Waals surface area (Å²) >= 11 is 0. The van der Waals surface area contributed by atoms with Crippen molar-refractivity contribution >= 4 is 12.4 Å². The Balaban J connectivity index is 1.59. The van der Waals surface area contributed by atoms with E-state index >= 15 is 0 Å². The molecule has 26 heavy (non-hydrogen) atoms. The van der Waals surface area contributed by atoms with E-state index in [9.17, 15) is 9.59 Å². The Kier molecular flexibility index (Phi) is 6.99. The van der Waals surface area contributed by atoms with Gasteiger partial charge < -0.3 is 14.8 Å². The smallest absolute Gasteiger partial charge is 0.318 e. The molecule has 7 heteroatoms. The molecule has 0 aromatic heterocycles. The first kappa shape index (κ1) is 18.8. The number of ether oxygens (including phenoxy) is 2. The molecule has 2 aliphatic heterocycles. The zero-order valence-corrected chi connectivity index (χ0v) is 15.0. The first-order chi connectivity index (χ1) is 12.8. The third kappa shape index (κ3) is 5.27. The van der Waals surface area contributed by atoms with Crippen LogP contribution in [0, 0.1) is 0 Å². The Labute approximate surface area is 154 Å². The molecule has 0 bridgehead atoms. The van der Waals surface area contributed by atoms with Crippen LogP contribution in [0.15, 0.2) is 30.3 Å². The molecule has 0 spiro atoms. The number of hydrogen-bond acceptors (Lipinski definition) is 7. The topological polar surface area (TPSA) is 71.1 Å². The number of rotatable bonds is 7. The van der Waals surface area contributed by atoms with E-state index in [2.05, 4.69) is 19.9 Å². The molecule has 2 heterocycles. The van der Waals surface area contributed by atoms with Gasteiger partial charge >= 0.3 is 12.4 Å². The van der Waals surface area contributed by atoms with Crippen molar-refractivity contribution in [3.05, 3.63) is 30.3 Å². The van der Waals surface area contributed by atoms with Gasteiger partial charge in [0.25, 0.3) is 0 Å². The predicted octanol–water partition coefficient (Wildman–Crippen LogP) is 0.851. The minimum absolute atomic E-state index is 0.0288. The van der Waals surface area contributed by atoms with E-state index in [0.29, 0.717) is 11.8 Å². The van der Waals surface area contributed by atoms with Crippen LogP contribution in [0.2, 0.25) is 0 Å². The second-order valence-electron chi connectivity index (χ2n) is 6.73. The molecule has 3 rings (SSSR count). The van der Waals surface area contributed by atoms with Crippen molar-refractivity contribution < 1.29 is 19.1 Å². The second-order valence-corrected chi connectivity index (χ2v) is 6.73. The zero-order valence-electron chi connectivity index (χ0n) is 15.0. The molecule has 1 N–H and O–H groups in total. The van der Waals surface area contributed by atoms with Crippen molar-refractivity contribution in [1.82, 2.24) is 15.1 Å². The fourth-order valence-corrected chi connectivity index (χ4v) is 3.71. The zero-order chi connectivity index (χ0) is 18.2. The summed E-state index contributed by atoms with van der Waals surface area (Å²) in [6.07, 6.45) is 1.98. The van der Waals surface area contributed by atoms with Crippen LogP contribution in [0.4, 0.5) is 0 Å². The monoisotopic (exact) mass is 361 g/mol. The third-order valence-corrected chi connectivity index (χ3v) is 5.12. The Morgan fingerprint density at radius 3 is 2.50 bits per heavy atom. The van der Waals surface area contributed by atoms with Crippen molar-refractivity contribution in [2.45, 2.75) is 31.5 Å². The van der Waals surface area contributed by atoms with E-state index in [0.717, 1.165) is 39.3 Å². The van der Waals surface area contributed by atoms with Crippen molar-refractivity contribution in [3.63, 3.8) is 0 Å². The van der Waals surface area contributed by atoms with Gasteiger partial charge in [-0.3, -0.25) is 19.4 Å². The molecule has 1 aromatic rings. The number of nitrogens with zero attached hydrogens (tertiary/aromatic N) is 2. The molecule has 142 valence electrons. The maximum absolute atomic E-state index is 11.8. The molecule has 2 aliphatic rings. The van der Waals surface area contributed by atoms with E-state index in [1.165, 1.54) is 12.8 Å². The third-order valence-electron chi connectivity index (χ3n) is 5.12. The normalized spacial score (nSPS) is 21.1. The first-order valence-electron chi connectivity index (χ1n) is 9.30. The lowest BCUT2D eigenvalue weighted by atomic mass is 10.0. The number of nitrogens with one attached hydrogen (secondary N) is 1. The number of benzene rings is 1. The summed E-state index contributed by atoms with van der Waals surface area (Å²) in [4.78, 5) is 27.0. The standard InChI is InChI=1S/C19H27N3O4/c23-15-25-19(24)14-18(26-17-4-2-1-3-5-17)22-12-10-21(11-13-22)16-6-8-20-9-7-16/h1-5,15-16,18,20H,6-14H2. The van der Waals surface area contributed by atoms with Crippen LogP contribution in [0.1, 0.15) is 19.3 Å². The van der Waals surface area contributed by atoms with Crippen LogP contribution in [-0.4, -0.2) is 73.8 Å². The van der Waals surface area contributed by atoms with Gasteiger partial charge in [0.15, 0.2) is 6.23 Å². The van der Waals surface area contributed by atoms with E-state index in [4.69, 9.17) is 4.74 Å². The molecule has 1 aromatic carbocycles. The number of piperazine rings is 1. The summed E-state index contributed by atoms with van der Waals surface area (Å²) < 4.78 is 10.5. The number of para-hydroxylation sites is 1. The molecule has 1 unspecified atom stereocenters. The lowest BCUT2D eigenvalue weighted by molar-refractivity contribution is -0.155. The summed E-state index contributed by atoms with van der Waals surface area (Å²) in [7, 11) is 0. The van der Waals surface area contributed by atoms with Crippen LogP contribution < -0.4 is 10.1 Å². The highest BCUT2D eigenvalue weighted by Gasteiger charge is 2.30. The molecule has 7 nitrogen and oxygen atoms in total. The van der Waals surface area contributed by atoms with Crippen molar-refractivity contribution in [1.29, 1.82) is 0 Å². The van der Waals surface area contributed by atoms with Gasteiger partial charge in [-0.25, -0.2) is 0 Å². The molecular weight excluding hydrogens is 334 g/mol. The maximum Gasteiger partial charge on any atom is 0.318 e. The highest BCUT2D eigenvalue weighted by atomic mass is 16.6. The van der Waals surface area contributed by atoms with Crippen LogP contribution in [0.5, 0.6) is 5.75 Å². The van der Waals surface area contributed by atoms with E-state index in [-0.39, 0.29) is 12.9 Å². The van der Waals surface area contributed by atoms with Gasteiger partial charge in [-0.05, 0) is 38.1 Å². The number of hydrogen-bond donors (Lipinski definition) is 1. The average Bonchev–Trinajstić information content (AvgIpc) is 2.69. The number of carbonyl (C=O) groups excluding carboxylic acids is 2. The summed E-state index contributed by atoms with van der Waals surface area (Å²) in [5.74, 6) is 0.138. The largest absolute Gasteiger partial charge is 0.474 e. The molecule has 0 saturated carbocycles. The van der Waals surface area contributed by atoms with Crippen molar-refractivity contribution in [2.75, 3.05) is 39.3 Å². The highest BCUT2D eigenvalue weighted by molar-refractivity contribution is 5.76.